The van der Waals surface area contributed by atoms with Crippen molar-refractivity contribution in [3.05, 3.63) is 74.7 Å². The van der Waals surface area contributed by atoms with Crippen LogP contribution in [0.2, 0.25) is 0 Å². The summed E-state index contributed by atoms with van der Waals surface area (Å²) in [6.07, 6.45) is 2.78. The van der Waals surface area contributed by atoms with E-state index in [1.807, 2.05) is 6.92 Å². The molecule has 0 spiro atoms. The summed E-state index contributed by atoms with van der Waals surface area (Å²) in [7, 11) is 1.45. The highest BCUT2D eigenvalue weighted by atomic mass is 19.1. The summed E-state index contributed by atoms with van der Waals surface area (Å²) in [4.78, 5) is 35.7. The Hall–Kier alpha value is -3.39. The molecule has 1 aliphatic rings. The fourth-order valence-corrected chi connectivity index (χ4v) is 3.48. The summed E-state index contributed by atoms with van der Waals surface area (Å²) in [5.41, 5.74) is 1.51. The van der Waals surface area contributed by atoms with E-state index >= 15 is 4.39 Å². The van der Waals surface area contributed by atoms with E-state index in [-0.39, 0.29) is 35.3 Å². The van der Waals surface area contributed by atoms with Gasteiger partial charge in [-0.05, 0) is 42.6 Å². The van der Waals surface area contributed by atoms with Crippen molar-refractivity contribution in [2.45, 2.75) is 26.2 Å². The van der Waals surface area contributed by atoms with Gasteiger partial charge in [0.05, 0.1) is 11.2 Å². The molecule has 0 bridgehead atoms. The number of hydrogen-bond donors (Lipinski definition) is 3. The standard InChI is InChI=1S/C23H24FN5O2/c1-3-13-10-19-21(29-22(13)30)20(24)15(12-27-19)11-18-16(14-6-8-26-9-7-14)4-5-17(28-18)23(31)25-2/h4-6,10,12,26H,3,7-9,11H2,1-2H3,(H,25,31)(H,29,30)/i8D2,9D2. The van der Waals surface area contributed by atoms with Crippen molar-refractivity contribution in [3.8, 4) is 0 Å². The zero-order valence-electron chi connectivity index (χ0n) is 21.1. The van der Waals surface area contributed by atoms with Gasteiger partial charge in [0.2, 0.25) is 0 Å². The van der Waals surface area contributed by atoms with Crippen LogP contribution in [0.3, 0.4) is 0 Å². The van der Waals surface area contributed by atoms with Crippen LogP contribution in [0.25, 0.3) is 16.6 Å². The van der Waals surface area contributed by atoms with Crippen molar-refractivity contribution in [3.63, 3.8) is 0 Å². The Labute approximate surface area is 184 Å². The van der Waals surface area contributed by atoms with E-state index in [0.29, 0.717) is 28.6 Å². The third-order valence-corrected chi connectivity index (χ3v) is 5.16. The van der Waals surface area contributed by atoms with Crippen molar-refractivity contribution in [1.82, 2.24) is 25.6 Å². The zero-order chi connectivity index (χ0) is 25.5. The molecule has 4 heterocycles. The Balaban J connectivity index is 1.85. The fraction of sp³-hybridized carbons (Fsp3) is 0.304. The molecule has 4 rings (SSSR count). The second-order valence-corrected chi connectivity index (χ2v) is 7.07. The minimum absolute atomic E-state index is 0.0394. The van der Waals surface area contributed by atoms with Gasteiger partial charge in [0, 0.05) is 42.8 Å². The quantitative estimate of drug-likeness (QED) is 0.583. The molecular formula is C23H24FN5O2. The summed E-state index contributed by atoms with van der Waals surface area (Å²) in [6, 6.07) is 4.55. The number of halogens is 1. The summed E-state index contributed by atoms with van der Waals surface area (Å²) in [5, 5.41) is 4.76. The van der Waals surface area contributed by atoms with Crippen molar-refractivity contribution >= 4 is 22.5 Å². The van der Waals surface area contributed by atoms with E-state index in [4.69, 9.17) is 5.48 Å². The Morgan fingerprint density at radius 3 is 2.94 bits per heavy atom. The first-order valence-corrected chi connectivity index (χ1v) is 9.86. The Bertz CT molecular complexity index is 1420. The number of carbonyl (C=O) groups is 1. The van der Waals surface area contributed by atoms with Gasteiger partial charge >= 0.3 is 0 Å². The number of amides is 1. The van der Waals surface area contributed by atoms with E-state index in [2.05, 4.69) is 25.6 Å². The van der Waals surface area contributed by atoms with E-state index < -0.39 is 30.3 Å². The van der Waals surface area contributed by atoms with Crippen molar-refractivity contribution < 1.29 is 14.7 Å². The smallest absolute Gasteiger partial charge is 0.269 e. The second kappa shape index (κ2) is 8.77. The SMILES string of the molecule is [2H]C1([2H])C=C(c2ccc(C(=O)NC)nc2Cc2cnc3cc(CC)c(=O)[nH]c3c2F)CC([2H])([2H])N1. The lowest BCUT2D eigenvalue weighted by Crippen LogP contribution is -2.22. The molecule has 0 radical (unpaired) electrons. The van der Waals surface area contributed by atoms with Crippen LogP contribution in [0.15, 0.2) is 35.3 Å². The predicted molar refractivity (Wildman–Crippen MR) is 118 cm³/mol. The monoisotopic (exact) mass is 425 g/mol. The third-order valence-electron chi connectivity index (χ3n) is 5.16. The summed E-state index contributed by atoms with van der Waals surface area (Å²) < 4.78 is 47.6. The van der Waals surface area contributed by atoms with Crippen molar-refractivity contribution in [2.75, 3.05) is 20.0 Å². The number of H-pyrrole nitrogens is 1. The van der Waals surface area contributed by atoms with Crippen molar-refractivity contribution in [1.29, 1.82) is 0 Å². The molecule has 0 unspecified atom stereocenters. The Morgan fingerprint density at radius 1 is 1.35 bits per heavy atom. The minimum Gasteiger partial charge on any atom is -0.354 e. The average molecular weight is 426 g/mol. The number of hydrogen-bond acceptors (Lipinski definition) is 5. The number of aromatic nitrogens is 3. The van der Waals surface area contributed by atoms with Gasteiger partial charge < -0.3 is 15.6 Å². The van der Waals surface area contributed by atoms with Crippen LogP contribution in [0, 0.1) is 5.82 Å². The maximum absolute atomic E-state index is 15.5. The van der Waals surface area contributed by atoms with E-state index in [0.717, 1.165) is 0 Å². The van der Waals surface area contributed by atoms with Gasteiger partial charge in [-0.3, -0.25) is 14.6 Å². The van der Waals surface area contributed by atoms with Gasteiger partial charge in [-0.2, -0.15) is 0 Å². The number of nitrogens with one attached hydrogen (secondary N) is 3. The molecule has 0 aliphatic carbocycles. The normalized spacial score (nSPS) is 19.0. The van der Waals surface area contributed by atoms with Gasteiger partial charge in [-0.25, -0.2) is 9.37 Å². The first-order chi connectivity index (χ1) is 16.4. The number of fused-ring (bicyclic) bond motifs is 1. The van der Waals surface area contributed by atoms with Crippen LogP contribution < -0.4 is 16.2 Å². The highest BCUT2D eigenvalue weighted by molar-refractivity contribution is 5.92. The zero-order valence-corrected chi connectivity index (χ0v) is 17.1. The highest BCUT2D eigenvalue weighted by Gasteiger charge is 2.18. The van der Waals surface area contributed by atoms with Crippen LogP contribution in [0.5, 0.6) is 0 Å². The first kappa shape index (κ1) is 16.3. The van der Waals surface area contributed by atoms with Crippen LogP contribution >= 0.6 is 0 Å². The molecule has 1 aliphatic heterocycles. The topological polar surface area (TPSA) is 99.8 Å². The molecule has 1 amide bonds. The molecule has 0 aromatic carbocycles. The molecule has 3 aromatic heterocycles. The van der Waals surface area contributed by atoms with Crippen LogP contribution in [0.1, 0.15) is 51.7 Å². The lowest BCUT2D eigenvalue weighted by atomic mass is 9.95. The lowest BCUT2D eigenvalue weighted by Gasteiger charge is -2.18. The second-order valence-electron chi connectivity index (χ2n) is 7.07. The fourth-order valence-electron chi connectivity index (χ4n) is 3.48. The maximum atomic E-state index is 15.5. The van der Waals surface area contributed by atoms with Gasteiger partial charge in [0.25, 0.3) is 11.5 Å². The number of aryl methyl sites for hydroxylation is 1. The van der Waals surface area contributed by atoms with Crippen LogP contribution in [-0.2, 0) is 12.8 Å². The minimum atomic E-state index is -2.12. The van der Waals surface area contributed by atoms with Crippen molar-refractivity contribution in [2.24, 2.45) is 0 Å². The molecule has 0 saturated heterocycles. The molecule has 0 fully saturated rings. The van der Waals surface area contributed by atoms with Gasteiger partial charge in [0.1, 0.15) is 11.2 Å². The molecule has 31 heavy (non-hydrogen) atoms. The first-order valence-electron chi connectivity index (χ1n) is 11.9. The predicted octanol–water partition coefficient (Wildman–Crippen LogP) is 2.35. The lowest BCUT2D eigenvalue weighted by molar-refractivity contribution is 0.0958. The Morgan fingerprint density at radius 2 is 2.19 bits per heavy atom. The van der Waals surface area contributed by atoms with Crippen LogP contribution in [-0.4, -0.2) is 40.9 Å². The number of carbonyl (C=O) groups excluding carboxylic acids is 1. The molecule has 3 aromatic rings. The molecule has 3 N–H and O–H groups in total. The molecular weight excluding hydrogens is 397 g/mol. The number of rotatable bonds is 5. The summed E-state index contributed by atoms with van der Waals surface area (Å²) >= 11 is 0. The molecule has 0 atom stereocenters. The van der Waals surface area contributed by atoms with E-state index in [1.54, 1.807) is 12.1 Å². The molecule has 160 valence electrons. The third kappa shape index (κ3) is 4.11. The molecule has 7 nitrogen and oxygen atoms in total. The number of pyridine rings is 3. The number of aromatic amines is 1. The molecule has 0 saturated carbocycles. The largest absolute Gasteiger partial charge is 0.354 e. The highest BCUT2D eigenvalue weighted by Crippen LogP contribution is 2.26. The van der Waals surface area contributed by atoms with E-state index in [9.17, 15) is 9.59 Å². The Kier molecular flexibility index (Phi) is 4.62. The van der Waals surface area contributed by atoms with Gasteiger partial charge in [0.15, 0.2) is 5.82 Å². The molecule has 8 heteroatoms. The summed E-state index contributed by atoms with van der Waals surface area (Å²) in [5.74, 6) is -1.14. The van der Waals surface area contributed by atoms with Gasteiger partial charge in [-0.15, -0.1) is 0 Å². The van der Waals surface area contributed by atoms with E-state index in [1.165, 1.54) is 25.4 Å². The number of nitrogens with zero attached hydrogens (tertiary/aromatic N) is 2. The van der Waals surface area contributed by atoms with Gasteiger partial charge in [-0.1, -0.05) is 19.1 Å². The summed E-state index contributed by atoms with van der Waals surface area (Å²) in [6.45, 7) is -2.34. The van der Waals surface area contributed by atoms with Crippen LogP contribution in [0.4, 0.5) is 4.39 Å². The average Bonchev–Trinajstić information content (AvgIpc) is 2.78. The maximum Gasteiger partial charge on any atom is 0.269 e.